The highest BCUT2D eigenvalue weighted by Gasteiger charge is 2.28. The van der Waals surface area contributed by atoms with Crippen LogP contribution in [0.1, 0.15) is 29.8 Å². The molecule has 0 unspecified atom stereocenters. The van der Waals surface area contributed by atoms with Gasteiger partial charge in [0.2, 0.25) is 0 Å². The molecule has 1 N–H and O–H groups in total. The highest BCUT2D eigenvalue weighted by molar-refractivity contribution is 7.07. The molecule has 3 heterocycles. The fraction of sp³-hybridized carbons (Fsp3) is 0.562. The summed E-state index contributed by atoms with van der Waals surface area (Å²) in [7, 11) is 0. The van der Waals surface area contributed by atoms with Crippen LogP contribution < -0.4 is 10.2 Å². The van der Waals surface area contributed by atoms with Crippen molar-refractivity contribution in [2.45, 2.75) is 32.2 Å². The Labute approximate surface area is 134 Å². The SMILES string of the molecule is c1nc(CNCC2CN(c3cc4c(nn3)CCCC4)C2)cs1. The van der Waals surface area contributed by atoms with Gasteiger partial charge in [-0.05, 0) is 37.3 Å². The van der Waals surface area contributed by atoms with E-state index in [2.05, 4.69) is 36.8 Å². The molecular weight excluding hydrogens is 294 g/mol. The average molecular weight is 315 g/mol. The molecule has 4 rings (SSSR count). The van der Waals surface area contributed by atoms with E-state index in [1.54, 1.807) is 11.3 Å². The summed E-state index contributed by atoms with van der Waals surface area (Å²) in [5, 5.41) is 14.4. The van der Waals surface area contributed by atoms with Crippen molar-refractivity contribution < 1.29 is 0 Å². The van der Waals surface area contributed by atoms with Crippen LogP contribution in [0.5, 0.6) is 0 Å². The summed E-state index contributed by atoms with van der Waals surface area (Å²) in [6.45, 7) is 4.08. The average Bonchev–Trinajstić information content (AvgIpc) is 3.02. The first-order valence-corrected chi connectivity index (χ1v) is 9.01. The first-order chi connectivity index (χ1) is 10.9. The Morgan fingerprint density at radius 3 is 3.00 bits per heavy atom. The second-order valence-corrected chi connectivity index (χ2v) is 6.98. The van der Waals surface area contributed by atoms with E-state index in [0.29, 0.717) is 5.92 Å². The molecule has 1 saturated heterocycles. The monoisotopic (exact) mass is 315 g/mol. The summed E-state index contributed by atoms with van der Waals surface area (Å²) < 4.78 is 0. The molecule has 2 aliphatic rings. The van der Waals surface area contributed by atoms with E-state index >= 15 is 0 Å². The van der Waals surface area contributed by atoms with E-state index in [-0.39, 0.29) is 0 Å². The predicted octanol–water partition coefficient (Wildman–Crippen LogP) is 2.04. The quantitative estimate of drug-likeness (QED) is 0.915. The van der Waals surface area contributed by atoms with Crippen LogP contribution in [0.3, 0.4) is 0 Å². The Morgan fingerprint density at radius 2 is 2.14 bits per heavy atom. The lowest BCUT2D eigenvalue weighted by molar-refractivity contribution is 0.380. The fourth-order valence-electron chi connectivity index (χ4n) is 3.25. The van der Waals surface area contributed by atoms with Crippen molar-refractivity contribution in [2.75, 3.05) is 24.5 Å². The molecule has 0 spiro atoms. The Balaban J connectivity index is 1.26. The van der Waals surface area contributed by atoms with Gasteiger partial charge in [0.25, 0.3) is 0 Å². The van der Waals surface area contributed by atoms with Crippen molar-refractivity contribution in [3.8, 4) is 0 Å². The Morgan fingerprint density at radius 1 is 1.23 bits per heavy atom. The lowest BCUT2D eigenvalue weighted by atomic mass is 9.95. The summed E-state index contributed by atoms with van der Waals surface area (Å²) in [6.07, 6.45) is 4.83. The summed E-state index contributed by atoms with van der Waals surface area (Å²) in [5.41, 5.74) is 5.66. The molecule has 0 amide bonds. The molecule has 6 heteroatoms. The van der Waals surface area contributed by atoms with Gasteiger partial charge in [0, 0.05) is 37.5 Å². The number of aryl methyl sites for hydroxylation is 2. The van der Waals surface area contributed by atoms with Gasteiger partial charge in [-0.3, -0.25) is 0 Å². The van der Waals surface area contributed by atoms with Gasteiger partial charge in [0.05, 0.1) is 16.9 Å². The first-order valence-electron chi connectivity index (χ1n) is 8.07. The van der Waals surface area contributed by atoms with Crippen molar-refractivity contribution in [1.82, 2.24) is 20.5 Å². The number of nitrogens with one attached hydrogen (secondary N) is 1. The van der Waals surface area contributed by atoms with Gasteiger partial charge >= 0.3 is 0 Å². The molecule has 22 heavy (non-hydrogen) atoms. The topological polar surface area (TPSA) is 53.9 Å². The molecule has 0 atom stereocenters. The molecule has 0 aromatic carbocycles. The number of hydrogen-bond donors (Lipinski definition) is 1. The second kappa shape index (κ2) is 6.30. The minimum absolute atomic E-state index is 0.705. The molecule has 2 aromatic heterocycles. The van der Waals surface area contributed by atoms with E-state index in [9.17, 15) is 0 Å². The van der Waals surface area contributed by atoms with Crippen molar-refractivity contribution in [3.05, 3.63) is 33.9 Å². The predicted molar refractivity (Wildman–Crippen MR) is 88.2 cm³/mol. The molecule has 1 fully saturated rings. The molecule has 0 radical (unpaired) electrons. The molecule has 116 valence electrons. The van der Waals surface area contributed by atoms with Crippen LogP contribution in [0.2, 0.25) is 0 Å². The van der Waals surface area contributed by atoms with Crippen LogP contribution in [-0.2, 0) is 19.4 Å². The zero-order valence-electron chi connectivity index (χ0n) is 12.7. The summed E-state index contributed by atoms with van der Waals surface area (Å²) >= 11 is 1.65. The third kappa shape index (κ3) is 2.98. The van der Waals surface area contributed by atoms with Crippen LogP contribution in [-0.4, -0.2) is 34.8 Å². The largest absolute Gasteiger partial charge is 0.354 e. The van der Waals surface area contributed by atoms with E-state index in [1.165, 1.54) is 30.5 Å². The van der Waals surface area contributed by atoms with Gasteiger partial charge < -0.3 is 10.2 Å². The maximum atomic E-state index is 4.43. The maximum absolute atomic E-state index is 4.43. The standard InChI is InChI=1S/C16H21N5S/c1-2-4-15-13(3-1)5-16(20-19-15)21-8-12(9-21)6-17-7-14-10-22-11-18-14/h5,10-12,17H,1-4,6-9H2. The van der Waals surface area contributed by atoms with Crippen LogP contribution >= 0.6 is 11.3 Å². The van der Waals surface area contributed by atoms with Crippen molar-refractivity contribution >= 4 is 17.2 Å². The number of rotatable bonds is 5. The van der Waals surface area contributed by atoms with Gasteiger partial charge in [0.15, 0.2) is 5.82 Å². The van der Waals surface area contributed by atoms with Crippen molar-refractivity contribution in [2.24, 2.45) is 5.92 Å². The number of nitrogens with zero attached hydrogens (tertiary/aromatic N) is 4. The molecular formula is C16H21N5S. The molecule has 0 bridgehead atoms. The van der Waals surface area contributed by atoms with E-state index < -0.39 is 0 Å². The molecule has 0 saturated carbocycles. The van der Waals surface area contributed by atoms with E-state index in [1.807, 2.05) is 5.51 Å². The maximum Gasteiger partial charge on any atom is 0.151 e. The first kappa shape index (κ1) is 14.1. The smallest absolute Gasteiger partial charge is 0.151 e. The molecule has 1 aliphatic heterocycles. The van der Waals surface area contributed by atoms with Crippen LogP contribution in [0.25, 0.3) is 0 Å². The minimum Gasteiger partial charge on any atom is -0.354 e. The Hall–Kier alpha value is -1.53. The van der Waals surface area contributed by atoms with E-state index in [4.69, 9.17) is 0 Å². The third-order valence-electron chi connectivity index (χ3n) is 4.56. The molecule has 5 nitrogen and oxygen atoms in total. The summed E-state index contributed by atoms with van der Waals surface area (Å²) in [5.74, 6) is 1.77. The second-order valence-electron chi connectivity index (χ2n) is 6.26. The number of fused-ring (bicyclic) bond motifs is 1. The van der Waals surface area contributed by atoms with Crippen molar-refractivity contribution in [3.63, 3.8) is 0 Å². The number of thiazole rings is 1. The number of aromatic nitrogens is 3. The fourth-order valence-corrected chi connectivity index (χ4v) is 3.81. The minimum atomic E-state index is 0.705. The number of hydrogen-bond acceptors (Lipinski definition) is 6. The summed E-state index contributed by atoms with van der Waals surface area (Å²) in [4.78, 5) is 6.63. The normalized spacial score (nSPS) is 18.1. The Bertz CT molecular complexity index is 621. The lowest BCUT2D eigenvalue weighted by Gasteiger charge is -2.40. The number of anilines is 1. The van der Waals surface area contributed by atoms with Gasteiger partial charge in [-0.25, -0.2) is 4.98 Å². The van der Waals surface area contributed by atoms with Gasteiger partial charge in [0.1, 0.15) is 0 Å². The zero-order valence-corrected chi connectivity index (χ0v) is 13.5. The molecule has 2 aromatic rings. The summed E-state index contributed by atoms with van der Waals surface area (Å²) in [6, 6.07) is 2.26. The van der Waals surface area contributed by atoms with Gasteiger partial charge in [-0.1, -0.05) is 0 Å². The molecule has 1 aliphatic carbocycles. The van der Waals surface area contributed by atoms with Gasteiger partial charge in [-0.2, -0.15) is 5.10 Å². The zero-order chi connectivity index (χ0) is 14.8. The van der Waals surface area contributed by atoms with E-state index in [0.717, 1.165) is 44.1 Å². The van der Waals surface area contributed by atoms with Crippen LogP contribution in [0, 0.1) is 5.92 Å². The Kier molecular flexibility index (Phi) is 4.03. The van der Waals surface area contributed by atoms with Crippen LogP contribution in [0.15, 0.2) is 17.0 Å². The lowest BCUT2D eigenvalue weighted by Crippen LogP contribution is -2.51. The third-order valence-corrected chi connectivity index (χ3v) is 5.20. The highest BCUT2D eigenvalue weighted by Crippen LogP contribution is 2.26. The van der Waals surface area contributed by atoms with Crippen molar-refractivity contribution in [1.29, 1.82) is 0 Å². The van der Waals surface area contributed by atoms with Crippen LogP contribution in [0.4, 0.5) is 5.82 Å². The highest BCUT2D eigenvalue weighted by atomic mass is 32.1. The van der Waals surface area contributed by atoms with Gasteiger partial charge in [-0.15, -0.1) is 16.4 Å².